The van der Waals surface area contributed by atoms with Crippen molar-refractivity contribution in [1.82, 2.24) is 0 Å². The molecule has 0 fully saturated rings. The molecule has 0 heterocycles. The van der Waals surface area contributed by atoms with E-state index in [0.717, 1.165) is 38.6 Å². The zero-order valence-corrected chi connectivity index (χ0v) is 17.4. The summed E-state index contributed by atoms with van der Waals surface area (Å²) in [5, 5.41) is 24.5. The van der Waals surface area contributed by atoms with E-state index in [-0.39, 0.29) is 11.8 Å². The molecule has 3 aromatic rings. The van der Waals surface area contributed by atoms with Crippen molar-refractivity contribution in [2.75, 3.05) is 7.05 Å². The van der Waals surface area contributed by atoms with Crippen molar-refractivity contribution in [1.29, 1.82) is 0 Å². The van der Waals surface area contributed by atoms with Gasteiger partial charge >= 0.3 is 0 Å². The highest BCUT2D eigenvalue weighted by molar-refractivity contribution is 5.87. The van der Waals surface area contributed by atoms with Crippen LogP contribution in [0.1, 0.15) is 70.3 Å². The van der Waals surface area contributed by atoms with Gasteiger partial charge < -0.3 is 15.9 Å². The van der Waals surface area contributed by atoms with Crippen LogP contribution in [0.25, 0.3) is 22.9 Å². The van der Waals surface area contributed by atoms with Gasteiger partial charge in [0.2, 0.25) is 0 Å². The minimum absolute atomic E-state index is 0.194. The van der Waals surface area contributed by atoms with Crippen LogP contribution in [0, 0.1) is 0 Å². The first kappa shape index (κ1) is 20.5. The molecule has 0 aliphatic heterocycles. The van der Waals surface area contributed by atoms with Crippen LogP contribution in [0.3, 0.4) is 0 Å². The van der Waals surface area contributed by atoms with E-state index in [1.165, 1.54) is 12.6 Å². The van der Waals surface area contributed by atoms with Gasteiger partial charge in [0.25, 0.3) is 0 Å². The van der Waals surface area contributed by atoms with Gasteiger partial charge in [-0.25, -0.2) is 0 Å². The molecule has 3 aromatic carbocycles. The zero-order valence-electron chi connectivity index (χ0n) is 17.4. The van der Waals surface area contributed by atoms with E-state index in [0.29, 0.717) is 12.8 Å². The monoisotopic (exact) mass is 399 g/mol. The summed E-state index contributed by atoms with van der Waals surface area (Å²) < 4.78 is 0. The van der Waals surface area contributed by atoms with Crippen molar-refractivity contribution >= 4 is 22.9 Å². The molecule has 2 aliphatic rings. The molecule has 0 spiro atoms. The fourth-order valence-corrected chi connectivity index (χ4v) is 5.51. The third-order valence-corrected chi connectivity index (χ3v) is 6.69. The fourth-order valence-electron chi connectivity index (χ4n) is 5.51. The molecule has 0 saturated carbocycles. The van der Waals surface area contributed by atoms with Gasteiger partial charge in [0.15, 0.2) is 0 Å². The summed E-state index contributed by atoms with van der Waals surface area (Å²) in [6.45, 7) is 7.86. The van der Waals surface area contributed by atoms with Gasteiger partial charge in [0, 0.05) is 0 Å². The summed E-state index contributed by atoms with van der Waals surface area (Å²) in [5.74, 6) is 0.400. The number of benzene rings is 3. The second-order valence-electron chi connectivity index (χ2n) is 7.99. The minimum Gasteiger partial charge on any atom is -0.388 e. The van der Waals surface area contributed by atoms with Crippen molar-refractivity contribution in [3.63, 3.8) is 0 Å². The lowest BCUT2D eigenvalue weighted by atomic mass is 9.63. The molecule has 0 bridgehead atoms. The van der Waals surface area contributed by atoms with Crippen molar-refractivity contribution in [3.05, 3.63) is 95.1 Å². The molecule has 3 nitrogen and oxygen atoms in total. The van der Waals surface area contributed by atoms with Crippen LogP contribution in [-0.4, -0.2) is 17.3 Å². The normalized spacial score (nSPS) is 24.0. The Kier molecular flexibility index (Phi) is 5.61. The summed E-state index contributed by atoms with van der Waals surface area (Å²) in [5.41, 5.74) is 10.8. The van der Waals surface area contributed by atoms with Crippen molar-refractivity contribution in [2.24, 2.45) is 5.73 Å². The number of aliphatic hydroxyl groups excluding tert-OH is 2. The van der Waals surface area contributed by atoms with Crippen LogP contribution in [0.15, 0.2) is 61.7 Å². The first-order chi connectivity index (χ1) is 14.6. The largest absolute Gasteiger partial charge is 0.388 e. The highest BCUT2D eigenvalue weighted by Gasteiger charge is 2.42. The quantitative estimate of drug-likeness (QED) is 0.537. The highest BCUT2D eigenvalue weighted by atomic mass is 16.3. The lowest BCUT2D eigenvalue weighted by Gasteiger charge is -2.43. The lowest BCUT2D eigenvalue weighted by Crippen LogP contribution is -2.29. The summed E-state index contributed by atoms with van der Waals surface area (Å²) in [6, 6.07) is 16.7. The summed E-state index contributed by atoms with van der Waals surface area (Å²) >= 11 is 0. The number of rotatable bonds is 2. The maximum Gasteiger partial charge on any atom is 0.0804 e. The van der Waals surface area contributed by atoms with Crippen molar-refractivity contribution < 1.29 is 10.2 Å². The SMILES string of the molecule is C=Cc1ccc2c(c1C=C)C(O)CC1c3ccc4ccccc4c3C(O)CC21.CN. The Labute approximate surface area is 178 Å². The van der Waals surface area contributed by atoms with E-state index in [1.54, 1.807) is 0 Å². The van der Waals surface area contributed by atoms with Gasteiger partial charge in [-0.2, -0.15) is 0 Å². The van der Waals surface area contributed by atoms with Gasteiger partial charge in [-0.05, 0) is 75.9 Å². The van der Waals surface area contributed by atoms with E-state index in [4.69, 9.17) is 0 Å². The van der Waals surface area contributed by atoms with Gasteiger partial charge in [0.05, 0.1) is 12.2 Å². The molecule has 4 atom stereocenters. The minimum atomic E-state index is -0.543. The highest BCUT2D eigenvalue weighted by Crippen LogP contribution is 2.56. The first-order valence-corrected chi connectivity index (χ1v) is 10.5. The summed E-state index contributed by atoms with van der Waals surface area (Å²) in [4.78, 5) is 0. The molecule has 0 amide bonds. The molecule has 5 rings (SSSR count). The molecule has 4 N–H and O–H groups in total. The second-order valence-corrected chi connectivity index (χ2v) is 7.99. The molecule has 30 heavy (non-hydrogen) atoms. The maximum atomic E-state index is 11.1. The summed E-state index contributed by atoms with van der Waals surface area (Å²) in [7, 11) is 1.50. The van der Waals surface area contributed by atoms with Gasteiger partial charge in [-0.15, -0.1) is 0 Å². The van der Waals surface area contributed by atoms with Crippen LogP contribution >= 0.6 is 0 Å². The molecular weight excluding hydrogens is 370 g/mol. The molecule has 0 radical (unpaired) electrons. The van der Waals surface area contributed by atoms with Crippen molar-refractivity contribution in [3.8, 4) is 0 Å². The van der Waals surface area contributed by atoms with E-state index in [9.17, 15) is 10.2 Å². The molecule has 2 aliphatic carbocycles. The lowest BCUT2D eigenvalue weighted by molar-refractivity contribution is 0.102. The van der Waals surface area contributed by atoms with E-state index >= 15 is 0 Å². The fraction of sp³-hybridized carbons (Fsp3) is 0.259. The number of hydrogen-bond donors (Lipinski definition) is 3. The number of hydrogen-bond acceptors (Lipinski definition) is 3. The van der Waals surface area contributed by atoms with Crippen LogP contribution in [0.2, 0.25) is 0 Å². The van der Waals surface area contributed by atoms with Gasteiger partial charge in [0.1, 0.15) is 0 Å². The Balaban J connectivity index is 0.00000106. The van der Waals surface area contributed by atoms with E-state index in [1.807, 2.05) is 24.3 Å². The third-order valence-electron chi connectivity index (χ3n) is 6.69. The molecule has 3 heteroatoms. The van der Waals surface area contributed by atoms with Gasteiger partial charge in [-0.3, -0.25) is 0 Å². The first-order valence-electron chi connectivity index (χ1n) is 10.5. The molecule has 0 saturated heterocycles. The molecule has 4 unspecified atom stereocenters. The molecule has 0 aromatic heterocycles. The van der Waals surface area contributed by atoms with Crippen LogP contribution in [0.5, 0.6) is 0 Å². The average Bonchev–Trinajstić information content (AvgIpc) is 2.80. The number of fused-ring (bicyclic) bond motifs is 7. The number of aliphatic hydroxyl groups is 2. The van der Waals surface area contributed by atoms with Crippen LogP contribution in [0.4, 0.5) is 0 Å². The Hall–Kier alpha value is -2.72. The van der Waals surface area contributed by atoms with Gasteiger partial charge in [-0.1, -0.05) is 73.8 Å². The average molecular weight is 400 g/mol. The summed E-state index contributed by atoms with van der Waals surface area (Å²) in [6.07, 6.45) is 3.93. The van der Waals surface area contributed by atoms with E-state index in [2.05, 4.69) is 55.3 Å². The standard InChI is InChI=1S/C26H24O2.CH5N/c1-3-15-9-11-19-21-14-24(28)26-18-8-6-5-7-16(18)10-12-20(26)22(21)13-23(27)25(19)17(15)4-2;1-2/h3-12,21-24,27-28H,1-2,13-14H2;2H2,1H3. The van der Waals surface area contributed by atoms with E-state index < -0.39 is 12.2 Å². The third kappa shape index (κ3) is 3.02. The predicted octanol–water partition coefficient (Wildman–Crippen LogP) is 5.44. The maximum absolute atomic E-state index is 11.1. The van der Waals surface area contributed by atoms with Crippen LogP contribution in [-0.2, 0) is 0 Å². The predicted molar refractivity (Wildman–Crippen MR) is 125 cm³/mol. The Morgan fingerprint density at radius 2 is 1.40 bits per heavy atom. The Morgan fingerprint density at radius 3 is 2.07 bits per heavy atom. The Bertz CT molecular complexity index is 1120. The number of nitrogens with two attached hydrogens (primary N) is 1. The zero-order chi connectivity index (χ0) is 21.4. The van der Waals surface area contributed by atoms with Crippen molar-refractivity contribution in [2.45, 2.75) is 36.9 Å². The Morgan fingerprint density at radius 1 is 0.800 bits per heavy atom. The second kappa shape index (κ2) is 8.19. The topological polar surface area (TPSA) is 66.5 Å². The molecular formula is C27H29NO2. The molecule has 154 valence electrons. The smallest absolute Gasteiger partial charge is 0.0804 e. The van der Waals surface area contributed by atoms with Crippen LogP contribution < -0.4 is 5.73 Å².